The van der Waals surface area contributed by atoms with Gasteiger partial charge in [-0.2, -0.15) is 0 Å². The lowest BCUT2D eigenvalue weighted by Crippen LogP contribution is -2.57. The number of carbonyl (C=O) groups is 1. The highest BCUT2D eigenvalue weighted by molar-refractivity contribution is 8.04. The van der Waals surface area contributed by atoms with E-state index < -0.39 is 0 Å². The van der Waals surface area contributed by atoms with Gasteiger partial charge in [-0.3, -0.25) is 9.78 Å². The van der Waals surface area contributed by atoms with Crippen LogP contribution in [0.3, 0.4) is 0 Å². The predicted octanol–water partition coefficient (Wildman–Crippen LogP) is 3.11. The highest BCUT2D eigenvalue weighted by Crippen LogP contribution is 2.32. The lowest BCUT2D eigenvalue weighted by atomic mass is 9.84. The minimum atomic E-state index is 0.0236. The van der Waals surface area contributed by atoms with Crippen LogP contribution in [0.1, 0.15) is 12.8 Å². The van der Waals surface area contributed by atoms with Crippen LogP contribution < -0.4 is 5.32 Å². The van der Waals surface area contributed by atoms with Crippen molar-refractivity contribution in [3.8, 4) is 0 Å². The summed E-state index contributed by atoms with van der Waals surface area (Å²) in [4.78, 5) is 18.9. The van der Waals surface area contributed by atoms with Crippen LogP contribution in [0.25, 0.3) is 10.2 Å². The molecular weight excluding hydrogens is 326 g/mol. The third-order valence-corrected chi connectivity index (χ3v) is 6.70. The molecule has 5 heterocycles. The number of fused-ring (bicyclic) bond motifs is 4. The second-order valence-corrected chi connectivity index (χ2v) is 8.42. The number of pyridine rings is 1. The molecule has 3 fully saturated rings. The summed E-state index contributed by atoms with van der Waals surface area (Å²) in [6.45, 7) is 3.41. The maximum atomic E-state index is 12.1. The summed E-state index contributed by atoms with van der Waals surface area (Å²) in [7, 11) is 0. The zero-order chi connectivity index (χ0) is 15.6. The molecule has 4 nitrogen and oxygen atoms in total. The molecule has 1 amide bonds. The number of nitrogens with zero attached hydrogens (tertiary/aromatic N) is 2. The fourth-order valence-corrected chi connectivity index (χ4v) is 5.31. The zero-order valence-electron chi connectivity index (χ0n) is 12.8. The molecule has 1 N–H and O–H groups in total. The molecule has 6 heteroatoms. The third-order valence-electron chi connectivity index (χ3n) is 4.65. The summed E-state index contributed by atoms with van der Waals surface area (Å²) in [5, 5.41) is 5.05. The standard InChI is InChI=1S/C17H19N3OS2/c21-16(19-14-11-20-7-3-12(14)4-8-20)5-9-22-17-10-13-15(23-17)2-1-6-18-13/h1-2,5-6,9-10,12,14H,3-4,7-8,11H2,(H,19,21)/b9-5+/t14-/m0/s1. The molecule has 0 unspecified atom stereocenters. The molecule has 5 rings (SSSR count). The van der Waals surface area contributed by atoms with Crippen molar-refractivity contribution in [2.75, 3.05) is 19.6 Å². The number of thioether (sulfide) groups is 1. The van der Waals surface area contributed by atoms with Crippen LogP contribution in [0.5, 0.6) is 0 Å². The normalized spacial score (nSPS) is 26.9. The second-order valence-electron chi connectivity index (χ2n) is 6.13. The largest absolute Gasteiger partial charge is 0.348 e. The summed E-state index contributed by atoms with van der Waals surface area (Å²) in [5.41, 5.74) is 1.02. The average Bonchev–Trinajstić information content (AvgIpc) is 2.98. The van der Waals surface area contributed by atoms with E-state index in [2.05, 4.69) is 27.3 Å². The van der Waals surface area contributed by atoms with E-state index in [1.807, 2.05) is 11.5 Å². The van der Waals surface area contributed by atoms with Crippen molar-refractivity contribution in [3.05, 3.63) is 35.9 Å². The van der Waals surface area contributed by atoms with E-state index in [-0.39, 0.29) is 5.91 Å². The first-order valence-electron chi connectivity index (χ1n) is 7.98. The molecular formula is C17H19N3OS2. The van der Waals surface area contributed by atoms with Gasteiger partial charge in [0.2, 0.25) is 5.91 Å². The van der Waals surface area contributed by atoms with Gasteiger partial charge in [0.15, 0.2) is 0 Å². The Morgan fingerprint density at radius 2 is 2.30 bits per heavy atom. The van der Waals surface area contributed by atoms with Crippen LogP contribution in [0.4, 0.5) is 0 Å². The Balaban J connectivity index is 1.32. The lowest BCUT2D eigenvalue weighted by molar-refractivity contribution is -0.118. The molecule has 1 atom stereocenters. The van der Waals surface area contributed by atoms with Crippen LogP contribution in [-0.2, 0) is 4.79 Å². The lowest BCUT2D eigenvalue weighted by Gasteiger charge is -2.44. The Morgan fingerprint density at radius 1 is 1.43 bits per heavy atom. The Hall–Kier alpha value is -1.37. The molecule has 3 aliphatic heterocycles. The number of rotatable bonds is 4. The van der Waals surface area contributed by atoms with Gasteiger partial charge >= 0.3 is 0 Å². The summed E-state index contributed by atoms with van der Waals surface area (Å²) < 4.78 is 2.34. The minimum absolute atomic E-state index is 0.0236. The number of thiophene rings is 1. The summed E-state index contributed by atoms with van der Waals surface area (Å²) in [5.74, 6) is 0.689. The number of aromatic nitrogens is 1. The van der Waals surface area contributed by atoms with Gasteiger partial charge in [0.1, 0.15) is 0 Å². The first kappa shape index (κ1) is 15.2. The SMILES string of the molecule is O=C(/C=C/Sc1cc2ncccc2s1)N[C@H]1CN2CCC1CC2. The van der Waals surface area contributed by atoms with Crippen LogP contribution in [-0.4, -0.2) is 41.5 Å². The van der Waals surface area contributed by atoms with Crippen molar-refractivity contribution in [1.82, 2.24) is 15.2 Å². The molecule has 120 valence electrons. The molecule has 0 radical (unpaired) electrons. The van der Waals surface area contributed by atoms with E-state index in [1.54, 1.807) is 35.4 Å². The maximum Gasteiger partial charge on any atom is 0.244 e. The minimum Gasteiger partial charge on any atom is -0.348 e. The fourth-order valence-electron chi connectivity index (χ4n) is 3.43. The Morgan fingerprint density at radius 3 is 3.04 bits per heavy atom. The summed E-state index contributed by atoms with van der Waals surface area (Å²) >= 11 is 3.28. The van der Waals surface area contributed by atoms with Crippen molar-refractivity contribution in [1.29, 1.82) is 0 Å². The second kappa shape index (κ2) is 6.63. The predicted molar refractivity (Wildman–Crippen MR) is 95.7 cm³/mol. The van der Waals surface area contributed by atoms with Gasteiger partial charge in [0.05, 0.1) is 14.4 Å². The van der Waals surface area contributed by atoms with E-state index in [1.165, 1.54) is 30.6 Å². The van der Waals surface area contributed by atoms with E-state index in [0.29, 0.717) is 12.0 Å². The Labute approximate surface area is 144 Å². The van der Waals surface area contributed by atoms with E-state index in [0.717, 1.165) is 16.3 Å². The molecule has 2 aromatic heterocycles. The maximum absolute atomic E-state index is 12.1. The molecule has 0 spiro atoms. The number of hydrogen-bond acceptors (Lipinski definition) is 5. The summed E-state index contributed by atoms with van der Waals surface area (Å²) in [6.07, 6.45) is 5.90. The van der Waals surface area contributed by atoms with Gasteiger partial charge < -0.3 is 10.2 Å². The monoisotopic (exact) mass is 345 g/mol. The molecule has 0 aromatic carbocycles. The van der Waals surface area contributed by atoms with E-state index in [4.69, 9.17) is 0 Å². The van der Waals surface area contributed by atoms with Crippen molar-refractivity contribution in [3.63, 3.8) is 0 Å². The zero-order valence-corrected chi connectivity index (χ0v) is 14.4. The highest BCUT2D eigenvalue weighted by Gasteiger charge is 2.34. The number of amides is 1. The average molecular weight is 345 g/mol. The smallest absolute Gasteiger partial charge is 0.244 e. The van der Waals surface area contributed by atoms with Crippen LogP contribution >= 0.6 is 23.1 Å². The molecule has 3 aliphatic rings. The van der Waals surface area contributed by atoms with Crippen molar-refractivity contribution < 1.29 is 4.79 Å². The summed E-state index contributed by atoms with van der Waals surface area (Å²) in [6, 6.07) is 6.42. The van der Waals surface area contributed by atoms with Gasteiger partial charge in [-0.1, -0.05) is 11.8 Å². The highest BCUT2D eigenvalue weighted by atomic mass is 32.2. The first-order chi connectivity index (χ1) is 11.3. The van der Waals surface area contributed by atoms with Crippen LogP contribution in [0, 0.1) is 5.92 Å². The quantitative estimate of drug-likeness (QED) is 0.683. The van der Waals surface area contributed by atoms with Crippen molar-refractivity contribution in [2.24, 2.45) is 5.92 Å². The van der Waals surface area contributed by atoms with E-state index >= 15 is 0 Å². The number of hydrogen-bond donors (Lipinski definition) is 1. The topological polar surface area (TPSA) is 45.2 Å². The molecule has 0 aliphatic carbocycles. The number of nitrogens with one attached hydrogen (secondary N) is 1. The first-order valence-corrected chi connectivity index (χ1v) is 9.68. The Kier molecular flexibility index (Phi) is 4.37. The van der Waals surface area contributed by atoms with Crippen molar-refractivity contribution >= 4 is 39.2 Å². The van der Waals surface area contributed by atoms with Gasteiger partial charge in [-0.05, 0) is 55.5 Å². The molecule has 2 aromatic rings. The van der Waals surface area contributed by atoms with Gasteiger partial charge in [-0.25, -0.2) is 0 Å². The molecule has 2 bridgehead atoms. The third kappa shape index (κ3) is 3.44. The Bertz CT molecular complexity index is 701. The number of carbonyl (C=O) groups excluding carboxylic acids is 1. The van der Waals surface area contributed by atoms with Gasteiger partial charge in [-0.15, -0.1) is 11.3 Å². The van der Waals surface area contributed by atoms with E-state index in [9.17, 15) is 4.79 Å². The van der Waals surface area contributed by atoms with Gasteiger partial charge in [0, 0.05) is 24.9 Å². The fraction of sp³-hybridized carbons (Fsp3) is 0.412. The number of piperidine rings is 3. The molecule has 3 saturated heterocycles. The molecule has 0 saturated carbocycles. The van der Waals surface area contributed by atoms with Crippen LogP contribution in [0.2, 0.25) is 0 Å². The van der Waals surface area contributed by atoms with Gasteiger partial charge in [0.25, 0.3) is 0 Å². The molecule has 23 heavy (non-hydrogen) atoms. The van der Waals surface area contributed by atoms with Crippen molar-refractivity contribution in [2.45, 2.75) is 23.1 Å². The van der Waals surface area contributed by atoms with Crippen LogP contribution in [0.15, 0.2) is 40.1 Å².